The van der Waals surface area contributed by atoms with Crippen molar-refractivity contribution in [2.24, 2.45) is 0 Å². The molecule has 1 fully saturated rings. The van der Waals surface area contributed by atoms with E-state index in [1.54, 1.807) is 5.32 Å². The van der Waals surface area contributed by atoms with Crippen molar-refractivity contribution in [2.45, 2.75) is 18.3 Å². The summed E-state index contributed by atoms with van der Waals surface area (Å²) in [7, 11) is 1.39. The molecule has 2 aromatic carbocycles. The highest BCUT2D eigenvalue weighted by Crippen LogP contribution is 2.43. The quantitative estimate of drug-likeness (QED) is 0.604. The van der Waals surface area contributed by atoms with Crippen LogP contribution in [0.2, 0.25) is 0 Å². The number of hydrogen-bond donors (Lipinski definition) is 1. The second kappa shape index (κ2) is 7.43. The fourth-order valence-corrected chi connectivity index (χ4v) is 3.18. The summed E-state index contributed by atoms with van der Waals surface area (Å²) in [6.45, 7) is -0.681. The Morgan fingerprint density at radius 3 is 2.31 bits per heavy atom. The Bertz CT molecular complexity index is 935. The molecule has 1 saturated heterocycles. The molecule has 154 valence electrons. The third-order valence-electron chi connectivity index (χ3n) is 4.58. The van der Waals surface area contributed by atoms with Gasteiger partial charge in [-0.2, -0.15) is 13.2 Å². The van der Waals surface area contributed by atoms with Gasteiger partial charge >= 0.3 is 12.2 Å². The molecule has 0 bridgehead atoms. The molecule has 10 heteroatoms. The van der Waals surface area contributed by atoms with Crippen LogP contribution in [0.1, 0.15) is 11.1 Å². The van der Waals surface area contributed by atoms with E-state index in [2.05, 4.69) is 0 Å². The zero-order valence-corrected chi connectivity index (χ0v) is 15.1. The van der Waals surface area contributed by atoms with Gasteiger partial charge in [-0.3, -0.25) is 9.69 Å². The van der Waals surface area contributed by atoms with Gasteiger partial charge in [-0.25, -0.2) is 18.5 Å². The maximum absolute atomic E-state index is 13.9. The first-order valence-corrected chi connectivity index (χ1v) is 8.45. The molecule has 0 radical (unpaired) electrons. The van der Waals surface area contributed by atoms with Crippen LogP contribution < -0.4 is 5.32 Å². The molecule has 3 amide bonds. The Kier molecular flexibility index (Phi) is 5.31. The largest absolute Gasteiger partial charge is 0.425 e. The van der Waals surface area contributed by atoms with Crippen molar-refractivity contribution < 1.29 is 31.5 Å². The second-order valence-electron chi connectivity index (χ2n) is 6.67. The Morgan fingerprint density at radius 2 is 1.72 bits per heavy atom. The second-order valence-corrected chi connectivity index (χ2v) is 6.67. The van der Waals surface area contributed by atoms with Crippen LogP contribution in [0.15, 0.2) is 48.5 Å². The summed E-state index contributed by atoms with van der Waals surface area (Å²) < 4.78 is 68.5. The third kappa shape index (κ3) is 3.67. The number of urea groups is 1. The summed E-state index contributed by atoms with van der Waals surface area (Å²) in [5, 5.41) is 1.77. The first-order chi connectivity index (χ1) is 13.6. The van der Waals surface area contributed by atoms with Crippen molar-refractivity contribution >= 4 is 11.9 Å². The van der Waals surface area contributed by atoms with Gasteiger partial charge in [0.05, 0.1) is 6.67 Å². The maximum Gasteiger partial charge on any atom is 0.425 e. The predicted octanol–water partition coefficient (Wildman–Crippen LogP) is 3.36. The van der Waals surface area contributed by atoms with E-state index in [9.17, 15) is 31.5 Å². The molecule has 1 aliphatic rings. The van der Waals surface area contributed by atoms with Crippen LogP contribution in [0.5, 0.6) is 0 Å². The number of imide groups is 1. The molecule has 0 spiro atoms. The summed E-state index contributed by atoms with van der Waals surface area (Å²) in [6.07, 6.45) is -5.09. The molecule has 2 aromatic rings. The zero-order valence-electron chi connectivity index (χ0n) is 15.1. The Hall–Kier alpha value is -3.01. The summed E-state index contributed by atoms with van der Waals surface area (Å²) in [5.41, 5.74) is -3.56. The summed E-state index contributed by atoms with van der Waals surface area (Å²) in [4.78, 5) is 26.7. The SMILES string of the molecule is CN(Cc1ccc(F)cc1F)CN1C(=O)NC(c2ccccc2)(C(F)(F)F)C1=O. The third-order valence-corrected chi connectivity index (χ3v) is 4.58. The van der Waals surface area contributed by atoms with Gasteiger partial charge in [-0.15, -0.1) is 0 Å². The lowest BCUT2D eigenvalue weighted by molar-refractivity contribution is -0.198. The lowest BCUT2D eigenvalue weighted by Crippen LogP contribution is -2.56. The van der Waals surface area contributed by atoms with Crippen LogP contribution in [-0.4, -0.2) is 41.6 Å². The number of carbonyl (C=O) groups is 2. The summed E-state index contributed by atoms with van der Waals surface area (Å²) in [6, 6.07) is 8.00. The molecule has 1 aliphatic heterocycles. The first-order valence-electron chi connectivity index (χ1n) is 8.45. The van der Waals surface area contributed by atoms with Crippen LogP contribution >= 0.6 is 0 Å². The lowest BCUT2D eigenvalue weighted by atomic mass is 9.89. The van der Waals surface area contributed by atoms with E-state index in [1.165, 1.54) is 36.2 Å². The number of benzene rings is 2. The maximum atomic E-state index is 13.9. The fraction of sp³-hybridized carbons (Fsp3) is 0.263. The summed E-state index contributed by atoms with van der Waals surface area (Å²) >= 11 is 0. The zero-order chi connectivity index (χ0) is 21.4. The van der Waals surface area contributed by atoms with Crippen molar-refractivity contribution in [3.63, 3.8) is 0 Å². The average Bonchev–Trinajstić information content (AvgIpc) is 2.90. The number of nitrogens with zero attached hydrogens (tertiary/aromatic N) is 2. The molecule has 0 saturated carbocycles. The van der Waals surface area contributed by atoms with Gasteiger partial charge in [0.25, 0.3) is 5.91 Å². The molecule has 1 atom stereocenters. The number of amides is 3. The van der Waals surface area contributed by atoms with E-state index in [-0.39, 0.29) is 12.1 Å². The van der Waals surface area contributed by atoms with E-state index in [4.69, 9.17) is 0 Å². The molecule has 1 N–H and O–H groups in total. The van der Waals surface area contributed by atoms with E-state index in [1.807, 2.05) is 0 Å². The molecule has 0 aromatic heterocycles. The number of carbonyl (C=O) groups excluding carboxylic acids is 2. The van der Waals surface area contributed by atoms with Crippen LogP contribution in [0.4, 0.5) is 26.7 Å². The lowest BCUT2D eigenvalue weighted by Gasteiger charge is -2.30. The number of halogens is 5. The van der Waals surface area contributed by atoms with Gasteiger partial charge in [0.15, 0.2) is 0 Å². The molecular weight excluding hydrogens is 397 g/mol. The number of alkyl halides is 3. The van der Waals surface area contributed by atoms with Gasteiger partial charge in [0.1, 0.15) is 11.6 Å². The predicted molar refractivity (Wildman–Crippen MR) is 92.2 cm³/mol. The standard InChI is InChI=1S/C19H16F5N3O2/c1-26(10-12-7-8-14(20)9-15(12)21)11-27-16(28)18(19(22,23)24,25-17(27)29)13-5-3-2-4-6-13/h2-9H,10-11H2,1H3,(H,25,29). The number of rotatable bonds is 5. The summed E-state index contributed by atoms with van der Waals surface area (Å²) in [5.74, 6) is -3.10. The molecule has 3 rings (SSSR count). The minimum Gasteiger partial charge on any atom is -0.312 e. The van der Waals surface area contributed by atoms with Crippen LogP contribution in [0.25, 0.3) is 0 Å². The van der Waals surface area contributed by atoms with Gasteiger partial charge in [-0.05, 0) is 18.7 Å². The van der Waals surface area contributed by atoms with E-state index < -0.39 is 47.5 Å². The van der Waals surface area contributed by atoms with Crippen molar-refractivity contribution in [2.75, 3.05) is 13.7 Å². The molecule has 1 heterocycles. The molecule has 1 unspecified atom stereocenters. The van der Waals surface area contributed by atoms with Crippen LogP contribution in [0.3, 0.4) is 0 Å². The molecule has 0 aliphatic carbocycles. The molecule has 29 heavy (non-hydrogen) atoms. The Labute approximate surface area is 162 Å². The van der Waals surface area contributed by atoms with E-state index >= 15 is 0 Å². The molecule has 5 nitrogen and oxygen atoms in total. The van der Waals surface area contributed by atoms with Crippen LogP contribution in [-0.2, 0) is 16.9 Å². The highest BCUT2D eigenvalue weighted by atomic mass is 19.4. The minimum absolute atomic E-state index is 0.0612. The van der Waals surface area contributed by atoms with Crippen LogP contribution in [0, 0.1) is 11.6 Å². The number of hydrogen-bond acceptors (Lipinski definition) is 3. The monoisotopic (exact) mass is 413 g/mol. The number of nitrogens with one attached hydrogen (secondary N) is 1. The van der Waals surface area contributed by atoms with Gasteiger partial charge in [0, 0.05) is 18.2 Å². The van der Waals surface area contributed by atoms with Gasteiger partial charge in [0.2, 0.25) is 5.54 Å². The topological polar surface area (TPSA) is 52.6 Å². The minimum atomic E-state index is -5.09. The Morgan fingerprint density at radius 1 is 1.07 bits per heavy atom. The highest BCUT2D eigenvalue weighted by molar-refractivity contribution is 6.08. The van der Waals surface area contributed by atoms with Gasteiger partial charge in [-0.1, -0.05) is 36.4 Å². The van der Waals surface area contributed by atoms with Crippen molar-refractivity contribution in [3.8, 4) is 0 Å². The van der Waals surface area contributed by atoms with Gasteiger partial charge < -0.3 is 5.32 Å². The van der Waals surface area contributed by atoms with Crippen molar-refractivity contribution in [1.29, 1.82) is 0 Å². The fourth-order valence-electron chi connectivity index (χ4n) is 3.18. The van der Waals surface area contributed by atoms with E-state index in [0.717, 1.165) is 18.2 Å². The van der Waals surface area contributed by atoms with E-state index in [0.29, 0.717) is 11.0 Å². The smallest absolute Gasteiger partial charge is 0.312 e. The highest BCUT2D eigenvalue weighted by Gasteiger charge is 2.68. The van der Waals surface area contributed by atoms with Crippen molar-refractivity contribution in [3.05, 3.63) is 71.3 Å². The Balaban J connectivity index is 1.86. The molecular formula is C19H16F5N3O2. The average molecular weight is 413 g/mol. The normalized spacial score (nSPS) is 19.8. The first kappa shape index (κ1) is 20.7. The van der Waals surface area contributed by atoms with Crippen molar-refractivity contribution in [1.82, 2.24) is 15.1 Å².